The molecule has 1 aromatic rings. The quantitative estimate of drug-likeness (QED) is 0.709. The monoisotopic (exact) mass is 324 g/mol. The Balaban J connectivity index is 1.82. The van der Waals surface area contributed by atoms with Crippen LogP contribution < -0.4 is 5.32 Å². The number of rotatable bonds is 9. The van der Waals surface area contributed by atoms with E-state index in [0.29, 0.717) is 19.1 Å². The molecular formula is C13H19F3N2O2S. The fourth-order valence-corrected chi connectivity index (χ4v) is 2.81. The summed E-state index contributed by atoms with van der Waals surface area (Å²) in [5, 5.41) is 4.20. The predicted molar refractivity (Wildman–Crippen MR) is 73.3 cm³/mol. The van der Waals surface area contributed by atoms with Gasteiger partial charge >= 0.3 is 6.18 Å². The van der Waals surface area contributed by atoms with Crippen molar-refractivity contribution in [2.45, 2.75) is 44.6 Å². The summed E-state index contributed by atoms with van der Waals surface area (Å²) in [6.07, 6.45) is -1.47. The van der Waals surface area contributed by atoms with Crippen molar-refractivity contribution in [3.8, 4) is 0 Å². The summed E-state index contributed by atoms with van der Waals surface area (Å²) < 4.78 is 45.6. The molecular weight excluding hydrogens is 305 g/mol. The molecule has 1 aliphatic rings. The highest BCUT2D eigenvalue weighted by molar-refractivity contribution is 7.11. The normalized spacial score (nSPS) is 15.6. The highest BCUT2D eigenvalue weighted by atomic mass is 32.1. The van der Waals surface area contributed by atoms with E-state index in [0.717, 1.165) is 22.1 Å². The lowest BCUT2D eigenvalue weighted by Crippen LogP contribution is -2.17. The minimum absolute atomic E-state index is 0.0228. The van der Waals surface area contributed by atoms with Crippen LogP contribution in [-0.4, -0.2) is 37.5 Å². The van der Waals surface area contributed by atoms with Gasteiger partial charge in [0, 0.05) is 31.0 Å². The van der Waals surface area contributed by atoms with Crippen LogP contribution in [0.5, 0.6) is 0 Å². The van der Waals surface area contributed by atoms with E-state index in [2.05, 4.69) is 15.0 Å². The molecule has 1 saturated carbocycles. The average molecular weight is 324 g/mol. The van der Waals surface area contributed by atoms with Crippen molar-refractivity contribution < 1.29 is 22.6 Å². The molecule has 0 spiro atoms. The van der Waals surface area contributed by atoms with Gasteiger partial charge in [0.05, 0.1) is 23.9 Å². The number of methoxy groups -OCH3 is 1. The summed E-state index contributed by atoms with van der Waals surface area (Å²) in [6.45, 7) is -0.0274. The minimum atomic E-state index is -4.27. The highest BCUT2D eigenvalue weighted by Gasteiger charge is 2.27. The first-order valence-electron chi connectivity index (χ1n) is 6.82. The number of alkyl halides is 3. The van der Waals surface area contributed by atoms with Gasteiger partial charge in [0.1, 0.15) is 6.61 Å². The molecule has 1 aliphatic carbocycles. The summed E-state index contributed by atoms with van der Waals surface area (Å²) in [7, 11) is 1.60. The number of aromatic nitrogens is 1. The zero-order chi connectivity index (χ0) is 15.3. The second-order valence-corrected chi connectivity index (χ2v) is 6.15. The van der Waals surface area contributed by atoms with Crippen LogP contribution in [0.1, 0.15) is 28.4 Å². The number of thiazole rings is 1. The predicted octanol–water partition coefficient (Wildman–Crippen LogP) is 2.66. The third-order valence-electron chi connectivity index (χ3n) is 2.96. The van der Waals surface area contributed by atoms with E-state index in [4.69, 9.17) is 4.74 Å². The second-order valence-electron chi connectivity index (χ2n) is 4.98. The average Bonchev–Trinajstić information content (AvgIpc) is 3.15. The Kier molecular flexibility index (Phi) is 5.98. The highest BCUT2D eigenvalue weighted by Crippen LogP contribution is 2.24. The van der Waals surface area contributed by atoms with Gasteiger partial charge in [-0.3, -0.25) is 0 Å². The molecule has 120 valence electrons. The lowest BCUT2D eigenvalue weighted by atomic mass is 10.3. The van der Waals surface area contributed by atoms with E-state index in [9.17, 15) is 13.2 Å². The van der Waals surface area contributed by atoms with Gasteiger partial charge in [0.25, 0.3) is 0 Å². The zero-order valence-electron chi connectivity index (χ0n) is 11.8. The maximum Gasteiger partial charge on any atom is 0.411 e. The van der Waals surface area contributed by atoms with Crippen LogP contribution in [0.25, 0.3) is 0 Å². The van der Waals surface area contributed by atoms with Gasteiger partial charge in [-0.05, 0) is 12.8 Å². The van der Waals surface area contributed by atoms with Gasteiger partial charge in [-0.25, -0.2) is 4.98 Å². The Labute approximate surface area is 125 Å². The summed E-state index contributed by atoms with van der Waals surface area (Å²) in [5.74, 6) is 0. The van der Waals surface area contributed by atoms with Gasteiger partial charge in [0.2, 0.25) is 0 Å². The third kappa shape index (κ3) is 6.29. The number of nitrogens with one attached hydrogen (secondary N) is 1. The molecule has 4 nitrogen and oxygen atoms in total. The van der Waals surface area contributed by atoms with E-state index in [-0.39, 0.29) is 6.61 Å². The molecule has 21 heavy (non-hydrogen) atoms. The van der Waals surface area contributed by atoms with Crippen molar-refractivity contribution in [2.24, 2.45) is 0 Å². The van der Waals surface area contributed by atoms with Gasteiger partial charge in [-0.1, -0.05) is 0 Å². The van der Waals surface area contributed by atoms with E-state index < -0.39 is 12.8 Å². The first-order valence-corrected chi connectivity index (χ1v) is 7.64. The van der Waals surface area contributed by atoms with Crippen molar-refractivity contribution in [2.75, 3.05) is 20.3 Å². The number of nitrogens with zero attached hydrogens (tertiary/aromatic N) is 1. The van der Waals surface area contributed by atoms with Crippen LogP contribution in [0, 0.1) is 0 Å². The standard InChI is InChI=1S/C13H19F3N2O2S/c1-19-7-10-11(6-17-9-2-3-9)21-12(18-10)4-5-20-8-13(14,15)16/h9,17H,2-8H2,1H3. The van der Waals surface area contributed by atoms with Crippen LogP contribution in [0.3, 0.4) is 0 Å². The Morgan fingerprint density at radius 3 is 2.76 bits per heavy atom. The first kappa shape index (κ1) is 16.7. The molecule has 0 aliphatic heterocycles. The SMILES string of the molecule is COCc1nc(CCOCC(F)(F)F)sc1CNC1CC1. The van der Waals surface area contributed by atoms with E-state index in [1.54, 1.807) is 7.11 Å². The Hall–Kier alpha value is -0.700. The molecule has 1 fully saturated rings. The van der Waals surface area contributed by atoms with Crippen molar-refractivity contribution >= 4 is 11.3 Å². The maximum atomic E-state index is 12.0. The number of halogens is 3. The molecule has 0 aromatic carbocycles. The molecule has 2 rings (SSSR count). The molecule has 0 bridgehead atoms. The first-order chi connectivity index (χ1) is 9.98. The molecule has 0 unspecified atom stereocenters. The van der Waals surface area contributed by atoms with Crippen LogP contribution in [0.15, 0.2) is 0 Å². The van der Waals surface area contributed by atoms with Gasteiger partial charge < -0.3 is 14.8 Å². The zero-order valence-corrected chi connectivity index (χ0v) is 12.6. The summed E-state index contributed by atoms with van der Waals surface area (Å²) in [5.41, 5.74) is 0.862. The van der Waals surface area contributed by atoms with Crippen molar-refractivity contribution in [1.82, 2.24) is 10.3 Å². The van der Waals surface area contributed by atoms with Crippen LogP contribution >= 0.6 is 11.3 Å². The lowest BCUT2D eigenvalue weighted by Gasteiger charge is -2.06. The third-order valence-corrected chi connectivity index (χ3v) is 4.12. The maximum absolute atomic E-state index is 12.0. The second kappa shape index (κ2) is 7.53. The van der Waals surface area contributed by atoms with Crippen molar-refractivity contribution in [3.05, 3.63) is 15.6 Å². The van der Waals surface area contributed by atoms with Gasteiger partial charge in [-0.15, -0.1) is 11.3 Å². The fraction of sp³-hybridized carbons (Fsp3) is 0.769. The Morgan fingerprint density at radius 2 is 2.14 bits per heavy atom. The van der Waals surface area contributed by atoms with Gasteiger partial charge in [-0.2, -0.15) is 13.2 Å². The van der Waals surface area contributed by atoms with Crippen molar-refractivity contribution in [3.63, 3.8) is 0 Å². The van der Waals surface area contributed by atoms with E-state index in [1.807, 2.05) is 0 Å². The lowest BCUT2D eigenvalue weighted by molar-refractivity contribution is -0.173. The Bertz CT molecular complexity index is 447. The molecule has 1 aromatic heterocycles. The molecule has 0 saturated heterocycles. The summed E-state index contributed by atoms with van der Waals surface area (Å²) >= 11 is 1.51. The minimum Gasteiger partial charge on any atom is -0.378 e. The van der Waals surface area contributed by atoms with Crippen molar-refractivity contribution in [1.29, 1.82) is 0 Å². The van der Waals surface area contributed by atoms with E-state index in [1.165, 1.54) is 24.2 Å². The smallest absolute Gasteiger partial charge is 0.378 e. The molecule has 1 N–H and O–H groups in total. The topological polar surface area (TPSA) is 43.4 Å². The van der Waals surface area contributed by atoms with E-state index >= 15 is 0 Å². The molecule has 8 heteroatoms. The number of hydrogen-bond acceptors (Lipinski definition) is 5. The summed E-state index contributed by atoms with van der Waals surface area (Å²) in [6, 6.07) is 0.598. The van der Waals surface area contributed by atoms with Crippen LogP contribution in [0.2, 0.25) is 0 Å². The van der Waals surface area contributed by atoms with Crippen LogP contribution in [0.4, 0.5) is 13.2 Å². The molecule has 0 amide bonds. The number of ether oxygens (including phenoxy) is 2. The van der Waals surface area contributed by atoms with Crippen LogP contribution in [-0.2, 0) is 29.0 Å². The fourth-order valence-electron chi connectivity index (χ4n) is 1.80. The largest absolute Gasteiger partial charge is 0.411 e. The molecule has 0 atom stereocenters. The summed E-state index contributed by atoms with van der Waals surface area (Å²) in [4.78, 5) is 5.52. The van der Waals surface area contributed by atoms with Gasteiger partial charge in [0.15, 0.2) is 0 Å². The Morgan fingerprint density at radius 1 is 1.38 bits per heavy atom. The molecule has 1 heterocycles. The molecule has 0 radical (unpaired) electrons. The number of hydrogen-bond donors (Lipinski definition) is 1.